The summed E-state index contributed by atoms with van der Waals surface area (Å²) in [6.45, 7) is 3.58. The number of anilines is 2. The second-order valence-corrected chi connectivity index (χ2v) is 8.58. The summed E-state index contributed by atoms with van der Waals surface area (Å²) in [5, 5.41) is 5.47. The van der Waals surface area contributed by atoms with Gasteiger partial charge in [0.25, 0.3) is 17.7 Å². The number of rotatable bonds is 6. The van der Waals surface area contributed by atoms with Crippen LogP contribution in [0.3, 0.4) is 0 Å². The molecule has 0 atom stereocenters. The van der Waals surface area contributed by atoms with Crippen LogP contribution in [-0.4, -0.2) is 30.4 Å². The molecule has 0 aromatic heterocycles. The molecule has 0 spiro atoms. The lowest BCUT2D eigenvalue weighted by Crippen LogP contribution is -2.54. The van der Waals surface area contributed by atoms with Gasteiger partial charge in [0.2, 0.25) is 0 Å². The Labute approximate surface area is 212 Å². The van der Waals surface area contributed by atoms with E-state index in [9.17, 15) is 19.2 Å². The maximum Gasteiger partial charge on any atom is 0.335 e. The summed E-state index contributed by atoms with van der Waals surface area (Å²) in [5.74, 6) is -1.41. The van der Waals surface area contributed by atoms with E-state index in [1.807, 2.05) is 13.8 Å². The Morgan fingerprint density at radius 3 is 2.33 bits per heavy atom. The highest BCUT2D eigenvalue weighted by Gasteiger charge is 2.36. The number of urea groups is 1. The zero-order valence-corrected chi connectivity index (χ0v) is 20.3. The highest BCUT2D eigenvalue weighted by atomic mass is 35.5. The van der Waals surface area contributed by atoms with Crippen molar-refractivity contribution in [3.63, 3.8) is 0 Å². The molecule has 1 saturated heterocycles. The number of nitrogens with zero attached hydrogens (tertiary/aromatic N) is 1. The van der Waals surface area contributed by atoms with E-state index in [1.54, 1.807) is 66.7 Å². The third kappa shape index (κ3) is 5.61. The van der Waals surface area contributed by atoms with Gasteiger partial charge in [0.15, 0.2) is 6.61 Å². The first-order valence-corrected chi connectivity index (χ1v) is 11.4. The summed E-state index contributed by atoms with van der Waals surface area (Å²) in [5.41, 5.74) is 3.26. The highest BCUT2D eigenvalue weighted by Crippen LogP contribution is 2.24. The van der Waals surface area contributed by atoms with E-state index >= 15 is 0 Å². The van der Waals surface area contributed by atoms with E-state index in [0.717, 1.165) is 16.0 Å². The molecule has 1 aliphatic heterocycles. The van der Waals surface area contributed by atoms with E-state index in [4.69, 9.17) is 16.3 Å². The number of benzene rings is 3. The number of barbiturate groups is 1. The summed E-state index contributed by atoms with van der Waals surface area (Å²) in [6.07, 6.45) is 1.40. The number of aryl methyl sites for hydroxylation is 2. The molecule has 8 nitrogen and oxygen atoms in total. The third-order valence-electron chi connectivity index (χ3n) is 5.54. The second kappa shape index (κ2) is 10.5. The zero-order chi connectivity index (χ0) is 25.8. The maximum absolute atomic E-state index is 13.1. The van der Waals surface area contributed by atoms with Gasteiger partial charge in [0, 0.05) is 10.7 Å². The summed E-state index contributed by atoms with van der Waals surface area (Å²) in [6, 6.07) is 17.6. The predicted molar refractivity (Wildman–Crippen MR) is 137 cm³/mol. The standard InChI is InChI=1S/C27H22ClN3O5/c1-16-3-10-21(13-17(16)2)31-26(34)23(25(33)30-27(31)35)14-18-4-11-22(12-5-18)36-15-24(32)29-20-8-6-19(28)7-9-20/h3-14H,15H2,1-2H3,(H,29,32)(H,30,33,35)/b23-14+. The van der Waals surface area contributed by atoms with E-state index in [-0.39, 0.29) is 18.1 Å². The Morgan fingerprint density at radius 1 is 0.972 bits per heavy atom. The second-order valence-electron chi connectivity index (χ2n) is 8.14. The van der Waals surface area contributed by atoms with E-state index in [1.165, 1.54) is 6.08 Å². The van der Waals surface area contributed by atoms with Gasteiger partial charge in [-0.05, 0) is 85.1 Å². The first-order valence-electron chi connectivity index (χ1n) is 11.0. The molecule has 182 valence electrons. The fourth-order valence-electron chi connectivity index (χ4n) is 3.46. The molecular weight excluding hydrogens is 482 g/mol. The predicted octanol–water partition coefficient (Wildman–Crippen LogP) is 4.64. The van der Waals surface area contributed by atoms with Crippen LogP contribution in [0.25, 0.3) is 6.08 Å². The monoisotopic (exact) mass is 503 g/mol. The van der Waals surface area contributed by atoms with Crippen molar-refractivity contribution in [3.05, 3.63) is 94.0 Å². The first kappa shape index (κ1) is 24.7. The molecule has 0 aliphatic carbocycles. The summed E-state index contributed by atoms with van der Waals surface area (Å²) < 4.78 is 5.50. The fraction of sp³-hybridized carbons (Fsp3) is 0.111. The molecule has 9 heteroatoms. The zero-order valence-electron chi connectivity index (χ0n) is 19.5. The lowest BCUT2D eigenvalue weighted by molar-refractivity contribution is -0.122. The van der Waals surface area contributed by atoms with Crippen molar-refractivity contribution in [2.75, 3.05) is 16.8 Å². The third-order valence-corrected chi connectivity index (χ3v) is 5.79. The quantitative estimate of drug-likeness (QED) is 0.376. The Morgan fingerprint density at radius 2 is 1.67 bits per heavy atom. The van der Waals surface area contributed by atoms with Crippen LogP contribution in [0.4, 0.5) is 16.2 Å². The van der Waals surface area contributed by atoms with Crippen LogP contribution in [0.2, 0.25) is 5.02 Å². The molecule has 0 radical (unpaired) electrons. The highest BCUT2D eigenvalue weighted by molar-refractivity contribution is 6.39. The number of carbonyl (C=O) groups excluding carboxylic acids is 4. The molecule has 1 aliphatic rings. The van der Waals surface area contributed by atoms with Crippen molar-refractivity contribution in [2.24, 2.45) is 0 Å². The van der Waals surface area contributed by atoms with E-state index < -0.39 is 17.8 Å². The summed E-state index contributed by atoms with van der Waals surface area (Å²) in [7, 11) is 0. The largest absolute Gasteiger partial charge is 0.484 e. The number of nitrogens with one attached hydrogen (secondary N) is 2. The minimum absolute atomic E-state index is 0.177. The maximum atomic E-state index is 13.1. The molecule has 0 saturated carbocycles. The Kier molecular flexibility index (Phi) is 7.17. The van der Waals surface area contributed by atoms with Gasteiger partial charge in [-0.1, -0.05) is 29.8 Å². The van der Waals surface area contributed by atoms with Crippen molar-refractivity contribution in [3.8, 4) is 5.75 Å². The molecule has 4 rings (SSSR count). The molecule has 5 amide bonds. The number of hydrogen-bond acceptors (Lipinski definition) is 5. The molecule has 3 aromatic carbocycles. The number of carbonyl (C=O) groups is 4. The van der Waals surface area contributed by atoms with E-state index in [2.05, 4.69) is 10.6 Å². The first-order chi connectivity index (χ1) is 17.2. The van der Waals surface area contributed by atoms with Gasteiger partial charge < -0.3 is 10.1 Å². The normalized spacial score (nSPS) is 14.6. The minimum Gasteiger partial charge on any atom is -0.484 e. The van der Waals surface area contributed by atoms with Gasteiger partial charge in [-0.3, -0.25) is 19.7 Å². The SMILES string of the molecule is Cc1ccc(N2C(=O)NC(=O)/C(=C\c3ccc(OCC(=O)Nc4ccc(Cl)cc4)cc3)C2=O)cc1C. The van der Waals surface area contributed by atoms with Gasteiger partial charge in [-0.15, -0.1) is 0 Å². The molecular formula is C27H22ClN3O5. The average molecular weight is 504 g/mol. The molecule has 3 aromatic rings. The van der Waals surface area contributed by atoms with Crippen molar-refractivity contribution in [1.29, 1.82) is 0 Å². The van der Waals surface area contributed by atoms with Crippen molar-refractivity contribution >= 4 is 52.8 Å². The number of amides is 5. The van der Waals surface area contributed by atoms with Crippen molar-refractivity contribution in [1.82, 2.24) is 5.32 Å². The van der Waals surface area contributed by atoms with Crippen molar-refractivity contribution < 1.29 is 23.9 Å². The fourth-order valence-corrected chi connectivity index (χ4v) is 3.59. The van der Waals surface area contributed by atoms with Crippen LogP contribution in [-0.2, 0) is 14.4 Å². The number of ether oxygens (including phenoxy) is 1. The van der Waals surface area contributed by atoms with Gasteiger partial charge in [-0.25, -0.2) is 9.69 Å². The topological polar surface area (TPSA) is 105 Å². The lowest BCUT2D eigenvalue weighted by Gasteiger charge is -2.26. The van der Waals surface area contributed by atoms with Crippen LogP contribution >= 0.6 is 11.6 Å². The van der Waals surface area contributed by atoms with Gasteiger partial charge >= 0.3 is 6.03 Å². The van der Waals surface area contributed by atoms with Gasteiger partial charge in [-0.2, -0.15) is 0 Å². The van der Waals surface area contributed by atoms with E-state index in [0.29, 0.717) is 27.7 Å². The van der Waals surface area contributed by atoms with Crippen molar-refractivity contribution in [2.45, 2.75) is 13.8 Å². The van der Waals surface area contributed by atoms with Crippen LogP contribution in [0.1, 0.15) is 16.7 Å². The van der Waals surface area contributed by atoms with Crippen LogP contribution in [0, 0.1) is 13.8 Å². The molecule has 0 unspecified atom stereocenters. The van der Waals surface area contributed by atoms with Crippen LogP contribution < -0.4 is 20.3 Å². The molecule has 1 fully saturated rings. The molecule has 36 heavy (non-hydrogen) atoms. The Hall–Kier alpha value is -4.43. The van der Waals surface area contributed by atoms with Crippen LogP contribution in [0.15, 0.2) is 72.3 Å². The van der Waals surface area contributed by atoms with Gasteiger partial charge in [0.1, 0.15) is 11.3 Å². The summed E-state index contributed by atoms with van der Waals surface area (Å²) in [4.78, 5) is 50.9. The molecule has 0 bridgehead atoms. The Bertz CT molecular complexity index is 1380. The average Bonchev–Trinajstić information content (AvgIpc) is 2.85. The number of imide groups is 2. The number of halogens is 1. The van der Waals surface area contributed by atoms with Crippen LogP contribution in [0.5, 0.6) is 5.75 Å². The summed E-state index contributed by atoms with van der Waals surface area (Å²) >= 11 is 5.83. The smallest absolute Gasteiger partial charge is 0.335 e. The molecule has 2 N–H and O–H groups in total. The lowest BCUT2D eigenvalue weighted by atomic mass is 10.1. The Balaban J connectivity index is 1.44. The van der Waals surface area contributed by atoms with Gasteiger partial charge in [0.05, 0.1) is 5.69 Å². The minimum atomic E-state index is -0.800. The number of hydrogen-bond donors (Lipinski definition) is 2. The molecule has 1 heterocycles.